The summed E-state index contributed by atoms with van der Waals surface area (Å²) in [6.07, 6.45) is 1.93. The highest BCUT2D eigenvalue weighted by atomic mass is 16.5. The normalized spacial score (nSPS) is 17.3. The number of hydrogen-bond donors (Lipinski definition) is 1. The zero-order valence-electron chi connectivity index (χ0n) is 14.2. The molecule has 2 heterocycles. The van der Waals surface area contributed by atoms with Gasteiger partial charge in [0.2, 0.25) is 0 Å². The largest absolute Gasteiger partial charge is 0.380 e. The Kier molecular flexibility index (Phi) is 4.24. The maximum atomic E-state index is 13.0. The number of benzene rings is 2. The SMILES string of the molecule is COCc1cccc(C(=O)N2CCCC2c2nc3ccccc3[nH]2)c1. The number of aromatic nitrogens is 2. The van der Waals surface area contributed by atoms with Crippen LogP contribution in [0.2, 0.25) is 0 Å². The lowest BCUT2D eigenvalue weighted by Gasteiger charge is -2.23. The molecule has 4 rings (SSSR count). The van der Waals surface area contributed by atoms with Crippen molar-refractivity contribution in [1.82, 2.24) is 14.9 Å². The van der Waals surface area contributed by atoms with Gasteiger partial charge in [-0.15, -0.1) is 0 Å². The number of fused-ring (bicyclic) bond motifs is 1. The van der Waals surface area contributed by atoms with Crippen LogP contribution < -0.4 is 0 Å². The van der Waals surface area contributed by atoms with Crippen LogP contribution in [0.1, 0.15) is 40.6 Å². The average Bonchev–Trinajstić information content (AvgIpc) is 3.28. The van der Waals surface area contributed by atoms with Crippen LogP contribution in [0.5, 0.6) is 0 Å². The van der Waals surface area contributed by atoms with Crippen molar-refractivity contribution in [2.24, 2.45) is 0 Å². The van der Waals surface area contributed by atoms with Crippen molar-refractivity contribution in [3.05, 3.63) is 65.5 Å². The Morgan fingerprint density at radius 3 is 3.00 bits per heavy atom. The molecule has 128 valence electrons. The Hall–Kier alpha value is -2.66. The van der Waals surface area contributed by atoms with Crippen LogP contribution in [0.4, 0.5) is 0 Å². The molecule has 1 aliphatic rings. The third kappa shape index (κ3) is 3.03. The van der Waals surface area contributed by atoms with Gasteiger partial charge < -0.3 is 14.6 Å². The van der Waals surface area contributed by atoms with E-state index in [1.807, 2.05) is 53.4 Å². The topological polar surface area (TPSA) is 58.2 Å². The van der Waals surface area contributed by atoms with Crippen LogP contribution in [0, 0.1) is 0 Å². The van der Waals surface area contributed by atoms with E-state index in [1.165, 1.54) is 0 Å². The van der Waals surface area contributed by atoms with E-state index >= 15 is 0 Å². The van der Waals surface area contributed by atoms with Crippen LogP contribution in [-0.2, 0) is 11.3 Å². The number of nitrogens with one attached hydrogen (secondary N) is 1. The van der Waals surface area contributed by atoms with E-state index in [-0.39, 0.29) is 11.9 Å². The Balaban J connectivity index is 1.62. The average molecular weight is 335 g/mol. The molecule has 0 saturated carbocycles. The first kappa shape index (κ1) is 15.8. The molecule has 5 heteroatoms. The second-order valence-electron chi connectivity index (χ2n) is 6.43. The van der Waals surface area contributed by atoms with Gasteiger partial charge in [-0.25, -0.2) is 4.98 Å². The second kappa shape index (κ2) is 6.69. The molecule has 0 bridgehead atoms. The zero-order chi connectivity index (χ0) is 17.2. The van der Waals surface area contributed by atoms with Gasteiger partial charge >= 0.3 is 0 Å². The van der Waals surface area contributed by atoms with Gasteiger partial charge in [-0.2, -0.15) is 0 Å². The van der Waals surface area contributed by atoms with Gasteiger partial charge in [-0.05, 0) is 42.7 Å². The number of hydrogen-bond acceptors (Lipinski definition) is 3. The number of amides is 1. The molecule has 1 N–H and O–H groups in total. The summed E-state index contributed by atoms with van der Waals surface area (Å²) in [5, 5.41) is 0. The quantitative estimate of drug-likeness (QED) is 0.791. The molecule has 1 saturated heterocycles. The van der Waals surface area contributed by atoms with Gasteiger partial charge in [0.05, 0.1) is 23.7 Å². The molecule has 2 aromatic carbocycles. The molecule has 5 nitrogen and oxygen atoms in total. The molecular formula is C20H21N3O2. The molecule has 1 fully saturated rings. The molecule has 1 amide bonds. The number of ether oxygens (including phenoxy) is 1. The number of likely N-dealkylation sites (tertiary alicyclic amines) is 1. The van der Waals surface area contributed by atoms with Crippen molar-refractivity contribution in [3.8, 4) is 0 Å². The second-order valence-corrected chi connectivity index (χ2v) is 6.43. The molecule has 0 aliphatic carbocycles. The van der Waals surface area contributed by atoms with Crippen LogP contribution >= 0.6 is 0 Å². The van der Waals surface area contributed by atoms with Gasteiger partial charge in [0.1, 0.15) is 5.82 Å². The van der Waals surface area contributed by atoms with E-state index in [1.54, 1.807) is 7.11 Å². The summed E-state index contributed by atoms with van der Waals surface area (Å²) in [6, 6.07) is 15.6. The molecule has 25 heavy (non-hydrogen) atoms. The number of rotatable bonds is 4. The fourth-order valence-corrected chi connectivity index (χ4v) is 3.55. The van der Waals surface area contributed by atoms with Crippen molar-refractivity contribution in [1.29, 1.82) is 0 Å². The summed E-state index contributed by atoms with van der Waals surface area (Å²) in [4.78, 5) is 23.1. The lowest BCUT2D eigenvalue weighted by molar-refractivity contribution is 0.0730. The van der Waals surface area contributed by atoms with Crippen LogP contribution in [0.15, 0.2) is 48.5 Å². The first-order chi connectivity index (χ1) is 12.3. The number of carbonyl (C=O) groups excluding carboxylic acids is 1. The number of imidazole rings is 1. The van der Waals surface area contributed by atoms with Crippen LogP contribution in [0.25, 0.3) is 11.0 Å². The van der Waals surface area contributed by atoms with E-state index < -0.39 is 0 Å². The number of nitrogens with zero attached hydrogens (tertiary/aromatic N) is 2. The standard InChI is InChI=1S/C20H21N3O2/c1-25-13-14-6-4-7-15(12-14)20(24)23-11-5-10-18(23)19-21-16-8-2-3-9-17(16)22-19/h2-4,6-9,12,18H,5,10-11,13H2,1H3,(H,21,22). The monoisotopic (exact) mass is 335 g/mol. The van der Waals surface area contributed by atoms with Crippen molar-refractivity contribution >= 4 is 16.9 Å². The number of methoxy groups -OCH3 is 1. The van der Waals surface area contributed by atoms with Crippen LogP contribution in [-0.4, -0.2) is 34.4 Å². The minimum atomic E-state index is 0.00554. The van der Waals surface area contributed by atoms with Crippen LogP contribution in [0.3, 0.4) is 0 Å². The predicted octanol–water partition coefficient (Wildman–Crippen LogP) is 3.69. The summed E-state index contributed by atoms with van der Waals surface area (Å²) >= 11 is 0. The zero-order valence-corrected chi connectivity index (χ0v) is 14.2. The van der Waals surface area contributed by atoms with Crippen molar-refractivity contribution in [2.45, 2.75) is 25.5 Å². The number of carbonyl (C=O) groups is 1. The molecule has 1 aromatic heterocycles. The Morgan fingerprint density at radius 1 is 1.28 bits per heavy atom. The Bertz CT molecular complexity index is 870. The molecule has 1 atom stereocenters. The number of H-pyrrole nitrogens is 1. The smallest absolute Gasteiger partial charge is 0.254 e. The van der Waals surface area contributed by atoms with Gasteiger partial charge in [0.15, 0.2) is 0 Å². The lowest BCUT2D eigenvalue weighted by atomic mass is 10.1. The van der Waals surface area contributed by atoms with E-state index in [0.717, 1.165) is 41.8 Å². The summed E-state index contributed by atoms with van der Waals surface area (Å²) < 4.78 is 5.17. The Labute approximate surface area is 146 Å². The first-order valence-corrected chi connectivity index (χ1v) is 8.60. The summed E-state index contributed by atoms with van der Waals surface area (Å²) in [5.41, 5.74) is 3.67. The number of para-hydroxylation sites is 2. The van der Waals surface area contributed by atoms with E-state index in [0.29, 0.717) is 12.2 Å². The molecule has 1 aliphatic heterocycles. The highest BCUT2D eigenvalue weighted by Gasteiger charge is 2.32. The van der Waals surface area contributed by atoms with Crippen molar-refractivity contribution in [2.75, 3.05) is 13.7 Å². The molecular weight excluding hydrogens is 314 g/mol. The number of aromatic amines is 1. The van der Waals surface area contributed by atoms with Crippen molar-refractivity contribution in [3.63, 3.8) is 0 Å². The minimum absolute atomic E-state index is 0.00554. The van der Waals surface area contributed by atoms with Gasteiger partial charge in [-0.1, -0.05) is 24.3 Å². The predicted molar refractivity (Wildman–Crippen MR) is 96.3 cm³/mol. The van der Waals surface area contributed by atoms with Gasteiger partial charge in [0.25, 0.3) is 5.91 Å². The van der Waals surface area contributed by atoms with Crippen molar-refractivity contribution < 1.29 is 9.53 Å². The fraction of sp³-hybridized carbons (Fsp3) is 0.300. The van der Waals surface area contributed by atoms with E-state index in [4.69, 9.17) is 9.72 Å². The maximum absolute atomic E-state index is 13.0. The molecule has 0 radical (unpaired) electrons. The highest BCUT2D eigenvalue weighted by molar-refractivity contribution is 5.94. The van der Waals surface area contributed by atoms with Gasteiger partial charge in [0, 0.05) is 19.2 Å². The lowest BCUT2D eigenvalue weighted by Crippen LogP contribution is -2.31. The molecule has 3 aromatic rings. The summed E-state index contributed by atoms with van der Waals surface area (Å²) in [5.74, 6) is 0.931. The first-order valence-electron chi connectivity index (χ1n) is 8.60. The maximum Gasteiger partial charge on any atom is 0.254 e. The fourth-order valence-electron chi connectivity index (χ4n) is 3.55. The molecule has 1 unspecified atom stereocenters. The van der Waals surface area contributed by atoms with E-state index in [2.05, 4.69) is 4.98 Å². The minimum Gasteiger partial charge on any atom is -0.380 e. The third-order valence-corrected chi connectivity index (χ3v) is 4.72. The third-order valence-electron chi connectivity index (χ3n) is 4.72. The molecule has 0 spiro atoms. The Morgan fingerprint density at radius 2 is 2.16 bits per heavy atom. The summed E-state index contributed by atoms with van der Waals surface area (Å²) in [7, 11) is 1.66. The highest BCUT2D eigenvalue weighted by Crippen LogP contribution is 2.32. The summed E-state index contributed by atoms with van der Waals surface area (Å²) in [6.45, 7) is 1.27. The van der Waals surface area contributed by atoms with Gasteiger partial charge in [-0.3, -0.25) is 4.79 Å². The van der Waals surface area contributed by atoms with E-state index in [9.17, 15) is 4.79 Å².